The number of carboxylic acids is 1. The number of rotatable bonds is 8. The zero-order chi connectivity index (χ0) is 15.1. The molecule has 2 rings (SSSR count). The number of hydrogen-bond acceptors (Lipinski definition) is 4. The summed E-state index contributed by atoms with van der Waals surface area (Å²) in [5.74, 6) is -1.16. The first-order valence-corrected chi connectivity index (χ1v) is 7.96. The Morgan fingerprint density at radius 1 is 1.38 bits per heavy atom. The molecule has 0 bridgehead atoms. The summed E-state index contributed by atoms with van der Waals surface area (Å²) in [6.45, 7) is 3.05. The van der Waals surface area contributed by atoms with Crippen LogP contribution in [0, 0.1) is 5.92 Å². The molecule has 1 N–H and O–H groups in total. The minimum atomic E-state index is -0.764. The average molecular weight is 304 g/mol. The van der Waals surface area contributed by atoms with Gasteiger partial charge in [0.2, 0.25) is 0 Å². The first-order chi connectivity index (χ1) is 10.2. The maximum Gasteiger partial charge on any atom is 0.308 e. The predicted molar refractivity (Wildman–Crippen MR) is 85.9 cm³/mol. The Labute approximate surface area is 129 Å². The highest BCUT2D eigenvalue weighted by molar-refractivity contribution is 7.13. The zero-order valence-corrected chi connectivity index (χ0v) is 12.9. The molecule has 0 aliphatic heterocycles. The van der Waals surface area contributed by atoms with Crippen molar-refractivity contribution in [1.82, 2.24) is 4.98 Å². The van der Waals surface area contributed by atoms with Gasteiger partial charge in [-0.05, 0) is 18.4 Å². The standard InChI is InChI=1S/C16H20N2O2S/c1-13(15(19)20)12-18(16-17-9-11-21-16)10-5-8-14-6-3-2-4-7-14/h2-4,6-7,9,11,13H,5,8,10,12H2,1H3,(H,19,20). The lowest BCUT2D eigenvalue weighted by molar-refractivity contribution is -0.140. The molecule has 1 aromatic heterocycles. The van der Waals surface area contributed by atoms with Gasteiger partial charge in [0, 0.05) is 24.7 Å². The third-order valence-electron chi connectivity index (χ3n) is 3.34. The summed E-state index contributed by atoms with van der Waals surface area (Å²) in [6, 6.07) is 10.3. The van der Waals surface area contributed by atoms with Gasteiger partial charge < -0.3 is 10.0 Å². The van der Waals surface area contributed by atoms with E-state index in [1.54, 1.807) is 24.5 Å². The molecular weight excluding hydrogens is 284 g/mol. The molecule has 0 aliphatic rings. The van der Waals surface area contributed by atoms with Crippen molar-refractivity contribution in [1.29, 1.82) is 0 Å². The number of thiazole rings is 1. The highest BCUT2D eigenvalue weighted by Crippen LogP contribution is 2.19. The molecule has 0 saturated heterocycles. The van der Waals surface area contributed by atoms with Crippen LogP contribution in [0.3, 0.4) is 0 Å². The predicted octanol–water partition coefficient (Wildman–Crippen LogP) is 3.30. The Kier molecular flexibility index (Phi) is 5.75. The van der Waals surface area contributed by atoms with Crippen LogP contribution in [0.25, 0.3) is 0 Å². The minimum Gasteiger partial charge on any atom is -0.481 e. The number of aromatic nitrogens is 1. The third-order valence-corrected chi connectivity index (χ3v) is 4.17. The summed E-state index contributed by atoms with van der Waals surface area (Å²) in [6.07, 6.45) is 3.73. The van der Waals surface area contributed by atoms with Crippen molar-refractivity contribution in [2.75, 3.05) is 18.0 Å². The molecular formula is C16H20N2O2S. The zero-order valence-electron chi connectivity index (χ0n) is 12.1. The second-order valence-corrected chi connectivity index (χ2v) is 5.96. The Hall–Kier alpha value is -1.88. The third kappa shape index (κ3) is 4.86. The molecule has 0 saturated carbocycles. The summed E-state index contributed by atoms with van der Waals surface area (Å²) < 4.78 is 0. The van der Waals surface area contributed by atoms with Crippen molar-refractivity contribution in [2.24, 2.45) is 5.92 Å². The largest absolute Gasteiger partial charge is 0.481 e. The van der Waals surface area contributed by atoms with Crippen molar-refractivity contribution < 1.29 is 9.90 Å². The molecule has 1 unspecified atom stereocenters. The van der Waals surface area contributed by atoms with Gasteiger partial charge in [0.25, 0.3) is 0 Å². The summed E-state index contributed by atoms with van der Waals surface area (Å²) in [4.78, 5) is 17.4. The lowest BCUT2D eigenvalue weighted by atomic mass is 10.1. The van der Waals surface area contributed by atoms with Crippen molar-refractivity contribution in [3.05, 3.63) is 47.5 Å². The number of benzene rings is 1. The van der Waals surface area contributed by atoms with Crippen molar-refractivity contribution in [3.8, 4) is 0 Å². The second-order valence-electron chi connectivity index (χ2n) is 5.09. The minimum absolute atomic E-state index is 0.398. The summed E-state index contributed by atoms with van der Waals surface area (Å²) >= 11 is 1.55. The molecule has 5 heteroatoms. The van der Waals surface area contributed by atoms with Crippen LogP contribution in [0.1, 0.15) is 18.9 Å². The fraction of sp³-hybridized carbons (Fsp3) is 0.375. The smallest absolute Gasteiger partial charge is 0.308 e. The van der Waals surface area contributed by atoms with Crippen LogP contribution in [0.15, 0.2) is 41.9 Å². The number of carbonyl (C=O) groups is 1. The fourth-order valence-electron chi connectivity index (χ4n) is 2.16. The first kappa shape index (κ1) is 15.5. The molecule has 1 heterocycles. The van der Waals surface area contributed by atoms with Crippen LogP contribution < -0.4 is 4.90 Å². The Morgan fingerprint density at radius 2 is 2.14 bits per heavy atom. The molecule has 2 aromatic rings. The van der Waals surface area contributed by atoms with Crippen molar-refractivity contribution >= 4 is 22.4 Å². The monoisotopic (exact) mass is 304 g/mol. The van der Waals surface area contributed by atoms with E-state index in [0.29, 0.717) is 6.54 Å². The molecule has 0 fully saturated rings. The fourth-order valence-corrected chi connectivity index (χ4v) is 2.84. The SMILES string of the molecule is CC(CN(CCCc1ccccc1)c1nccs1)C(=O)O. The van der Waals surface area contributed by atoms with Crippen LogP contribution in [0.2, 0.25) is 0 Å². The normalized spacial score (nSPS) is 12.0. The van der Waals surface area contributed by atoms with Gasteiger partial charge in [0.15, 0.2) is 5.13 Å². The maximum absolute atomic E-state index is 11.1. The summed E-state index contributed by atoms with van der Waals surface area (Å²) in [5.41, 5.74) is 1.31. The quantitative estimate of drug-likeness (QED) is 0.813. The van der Waals surface area contributed by atoms with E-state index in [9.17, 15) is 4.79 Å². The van der Waals surface area contributed by atoms with Crippen molar-refractivity contribution in [3.63, 3.8) is 0 Å². The van der Waals surface area contributed by atoms with Gasteiger partial charge in [0.1, 0.15) is 0 Å². The van der Waals surface area contributed by atoms with Gasteiger partial charge in [-0.25, -0.2) is 4.98 Å². The van der Waals surface area contributed by atoms with Crippen LogP contribution in [-0.2, 0) is 11.2 Å². The number of carboxylic acid groups (broad SMARTS) is 1. The van der Waals surface area contributed by atoms with E-state index < -0.39 is 11.9 Å². The van der Waals surface area contributed by atoms with Crippen LogP contribution in [0.4, 0.5) is 5.13 Å². The van der Waals surface area contributed by atoms with Gasteiger partial charge >= 0.3 is 5.97 Å². The van der Waals surface area contributed by atoms with Gasteiger partial charge in [-0.1, -0.05) is 37.3 Å². The van der Waals surface area contributed by atoms with E-state index in [1.165, 1.54) is 5.56 Å². The highest BCUT2D eigenvalue weighted by Gasteiger charge is 2.17. The second kappa shape index (κ2) is 7.78. The van der Waals surface area contributed by atoms with E-state index >= 15 is 0 Å². The van der Waals surface area contributed by atoms with Crippen LogP contribution in [-0.4, -0.2) is 29.1 Å². The number of aryl methyl sites for hydroxylation is 1. The molecule has 112 valence electrons. The Balaban J connectivity index is 1.92. The van der Waals surface area contributed by atoms with Gasteiger partial charge in [-0.3, -0.25) is 4.79 Å². The molecule has 1 aromatic carbocycles. The van der Waals surface area contributed by atoms with E-state index in [2.05, 4.69) is 22.0 Å². The molecule has 4 nitrogen and oxygen atoms in total. The topological polar surface area (TPSA) is 53.4 Å². The lowest BCUT2D eigenvalue weighted by Crippen LogP contribution is -2.32. The van der Waals surface area contributed by atoms with Gasteiger partial charge in [-0.15, -0.1) is 11.3 Å². The number of nitrogens with zero attached hydrogens (tertiary/aromatic N) is 2. The number of hydrogen-bond donors (Lipinski definition) is 1. The molecule has 0 spiro atoms. The van der Waals surface area contributed by atoms with Gasteiger partial charge in [-0.2, -0.15) is 0 Å². The van der Waals surface area contributed by atoms with E-state index in [-0.39, 0.29) is 0 Å². The maximum atomic E-state index is 11.1. The highest BCUT2D eigenvalue weighted by atomic mass is 32.1. The molecule has 0 amide bonds. The van der Waals surface area contributed by atoms with E-state index in [1.807, 2.05) is 23.6 Å². The van der Waals surface area contributed by atoms with Gasteiger partial charge in [0.05, 0.1) is 5.92 Å². The summed E-state index contributed by atoms with van der Waals surface area (Å²) in [7, 11) is 0. The molecule has 1 atom stereocenters. The lowest BCUT2D eigenvalue weighted by Gasteiger charge is -2.23. The van der Waals surface area contributed by atoms with E-state index in [0.717, 1.165) is 24.5 Å². The van der Waals surface area contributed by atoms with Crippen LogP contribution in [0.5, 0.6) is 0 Å². The number of anilines is 1. The average Bonchev–Trinajstić information content (AvgIpc) is 3.01. The molecule has 0 radical (unpaired) electrons. The number of aliphatic carboxylic acids is 1. The molecule has 21 heavy (non-hydrogen) atoms. The Bertz CT molecular complexity index is 543. The van der Waals surface area contributed by atoms with Crippen LogP contribution >= 0.6 is 11.3 Å². The molecule has 0 aliphatic carbocycles. The van der Waals surface area contributed by atoms with E-state index in [4.69, 9.17) is 5.11 Å². The first-order valence-electron chi connectivity index (χ1n) is 7.08. The Morgan fingerprint density at radius 3 is 2.76 bits per heavy atom. The summed E-state index contributed by atoms with van der Waals surface area (Å²) in [5, 5.41) is 11.9. The van der Waals surface area contributed by atoms with Crippen molar-refractivity contribution in [2.45, 2.75) is 19.8 Å².